The minimum absolute atomic E-state index is 0.110. The molecular weight excluding hydrogens is 346 g/mol. The molecule has 1 heterocycles. The molecule has 3 rings (SSSR count). The monoisotopic (exact) mass is 369 g/mol. The minimum Gasteiger partial charge on any atom is -0.391 e. The zero-order valence-corrected chi connectivity index (χ0v) is 15.1. The van der Waals surface area contributed by atoms with E-state index >= 15 is 0 Å². The highest BCUT2D eigenvalue weighted by molar-refractivity contribution is 5.92. The first-order valence-corrected chi connectivity index (χ1v) is 8.88. The topological polar surface area (TPSA) is 113 Å². The van der Waals surface area contributed by atoms with Crippen molar-refractivity contribution in [1.29, 1.82) is 0 Å². The van der Waals surface area contributed by atoms with Crippen molar-refractivity contribution in [2.24, 2.45) is 5.73 Å². The first-order chi connectivity index (χ1) is 12.8. The Hall–Kier alpha value is -2.93. The number of primary amides is 1. The highest BCUT2D eigenvalue weighted by Crippen LogP contribution is 2.19. The van der Waals surface area contributed by atoms with E-state index in [0.717, 1.165) is 16.3 Å². The number of rotatable bonds is 5. The van der Waals surface area contributed by atoms with Gasteiger partial charge in [0.25, 0.3) is 0 Å². The summed E-state index contributed by atoms with van der Waals surface area (Å²) >= 11 is 0. The molecule has 0 aliphatic carbocycles. The van der Waals surface area contributed by atoms with Crippen molar-refractivity contribution in [2.75, 3.05) is 6.54 Å². The van der Waals surface area contributed by atoms with Crippen LogP contribution in [0.15, 0.2) is 42.5 Å². The van der Waals surface area contributed by atoms with Crippen LogP contribution >= 0.6 is 0 Å². The number of aliphatic hydroxyl groups is 1. The average Bonchev–Trinajstić information content (AvgIpc) is 3.03. The number of aliphatic hydroxyl groups excluding tert-OH is 1. The van der Waals surface area contributed by atoms with Crippen LogP contribution in [0.25, 0.3) is 10.8 Å². The fraction of sp³-hybridized carbons (Fsp3) is 0.350. The Kier molecular flexibility index (Phi) is 5.41. The van der Waals surface area contributed by atoms with Crippen molar-refractivity contribution in [2.45, 2.75) is 38.0 Å². The molecule has 7 heteroatoms. The maximum absolute atomic E-state index is 12.6. The lowest BCUT2D eigenvalue weighted by Crippen LogP contribution is -2.52. The lowest BCUT2D eigenvalue weighted by atomic mass is 10.0. The average molecular weight is 369 g/mol. The SMILES string of the molecule is CC(=O)N1C[C@H](O)C[C@H]1C(=O)N[C@H](Cc1ccc2ccccc2c1)C(N)=O. The Labute approximate surface area is 157 Å². The van der Waals surface area contributed by atoms with Gasteiger partial charge in [-0.1, -0.05) is 42.5 Å². The molecule has 27 heavy (non-hydrogen) atoms. The summed E-state index contributed by atoms with van der Waals surface area (Å²) in [6.07, 6.45) is -0.356. The minimum atomic E-state index is -0.898. The summed E-state index contributed by atoms with van der Waals surface area (Å²) in [5.74, 6) is -1.42. The van der Waals surface area contributed by atoms with E-state index in [1.54, 1.807) is 0 Å². The van der Waals surface area contributed by atoms with Crippen LogP contribution in [0.5, 0.6) is 0 Å². The van der Waals surface area contributed by atoms with Crippen molar-refractivity contribution in [3.05, 3.63) is 48.0 Å². The van der Waals surface area contributed by atoms with E-state index in [-0.39, 0.29) is 25.3 Å². The number of hydrogen-bond acceptors (Lipinski definition) is 4. The fourth-order valence-electron chi connectivity index (χ4n) is 3.50. The van der Waals surface area contributed by atoms with Crippen LogP contribution in [-0.2, 0) is 20.8 Å². The molecule has 0 bridgehead atoms. The van der Waals surface area contributed by atoms with Crippen LogP contribution in [0.4, 0.5) is 0 Å². The van der Waals surface area contributed by atoms with Crippen LogP contribution in [0, 0.1) is 0 Å². The van der Waals surface area contributed by atoms with Gasteiger partial charge in [0.1, 0.15) is 12.1 Å². The van der Waals surface area contributed by atoms with Crippen molar-refractivity contribution in [3.8, 4) is 0 Å². The molecular formula is C20H23N3O4. The molecule has 0 radical (unpaired) electrons. The van der Waals surface area contributed by atoms with E-state index < -0.39 is 30.0 Å². The summed E-state index contributed by atoms with van der Waals surface area (Å²) in [6.45, 7) is 1.46. The van der Waals surface area contributed by atoms with Crippen LogP contribution in [-0.4, -0.2) is 52.5 Å². The number of amides is 3. The predicted molar refractivity (Wildman–Crippen MR) is 101 cm³/mol. The quantitative estimate of drug-likeness (QED) is 0.705. The Morgan fingerprint density at radius 3 is 2.59 bits per heavy atom. The zero-order chi connectivity index (χ0) is 19.6. The number of nitrogens with two attached hydrogens (primary N) is 1. The van der Waals surface area contributed by atoms with Gasteiger partial charge in [0.15, 0.2) is 0 Å². The normalized spacial score (nSPS) is 20.4. The molecule has 7 nitrogen and oxygen atoms in total. The van der Waals surface area contributed by atoms with Crippen LogP contribution in [0.1, 0.15) is 18.9 Å². The number of carbonyl (C=O) groups excluding carboxylic acids is 3. The Bertz CT molecular complexity index is 882. The highest BCUT2D eigenvalue weighted by Gasteiger charge is 2.38. The van der Waals surface area contributed by atoms with E-state index in [1.165, 1.54) is 11.8 Å². The number of nitrogens with one attached hydrogen (secondary N) is 1. The maximum Gasteiger partial charge on any atom is 0.243 e. The molecule has 1 saturated heterocycles. The van der Waals surface area contributed by atoms with Gasteiger partial charge >= 0.3 is 0 Å². The predicted octanol–water partition coefficient (Wildman–Crippen LogP) is 0.334. The molecule has 4 N–H and O–H groups in total. The standard InChI is InChI=1S/C20H23N3O4/c1-12(24)23-11-16(25)10-18(23)20(27)22-17(19(21)26)9-13-6-7-14-4-2-3-5-15(14)8-13/h2-8,16-18,25H,9-11H2,1H3,(H2,21,26)(H,22,27)/t16-,17-,18+/m1/s1. The molecule has 142 valence electrons. The second kappa shape index (κ2) is 7.75. The van der Waals surface area contributed by atoms with Gasteiger partial charge in [0.2, 0.25) is 17.7 Å². The molecule has 0 spiro atoms. The van der Waals surface area contributed by atoms with Gasteiger partial charge in [-0.25, -0.2) is 0 Å². The molecule has 1 aliphatic rings. The Morgan fingerprint density at radius 2 is 1.93 bits per heavy atom. The first kappa shape index (κ1) is 18.8. The van der Waals surface area contributed by atoms with E-state index in [2.05, 4.69) is 5.32 Å². The van der Waals surface area contributed by atoms with Gasteiger partial charge in [0.05, 0.1) is 6.10 Å². The Balaban J connectivity index is 1.74. The third-order valence-electron chi connectivity index (χ3n) is 4.90. The zero-order valence-electron chi connectivity index (χ0n) is 15.1. The van der Waals surface area contributed by atoms with Crippen LogP contribution < -0.4 is 11.1 Å². The first-order valence-electron chi connectivity index (χ1n) is 8.88. The molecule has 3 amide bonds. The second-order valence-electron chi connectivity index (χ2n) is 6.93. The summed E-state index contributed by atoms with van der Waals surface area (Å²) in [6, 6.07) is 12.0. The van der Waals surface area contributed by atoms with Crippen LogP contribution in [0.2, 0.25) is 0 Å². The number of β-amino-alcohol motifs (C(OH)–C–C–N with tert-alkyl or cyclic N) is 1. The third kappa shape index (κ3) is 4.25. The third-order valence-corrected chi connectivity index (χ3v) is 4.90. The number of likely N-dealkylation sites (tertiary alicyclic amines) is 1. The van der Waals surface area contributed by atoms with E-state index in [0.29, 0.717) is 0 Å². The largest absolute Gasteiger partial charge is 0.391 e. The van der Waals surface area contributed by atoms with E-state index in [1.807, 2.05) is 42.5 Å². The number of fused-ring (bicyclic) bond motifs is 1. The summed E-state index contributed by atoms with van der Waals surface area (Å²) in [5, 5.41) is 14.5. The number of hydrogen-bond donors (Lipinski definition) is 3. The van der Waals surface area contributed by atoms with E-state index in [9.17, 15) is 19.5 Å². The highest BCUT2D eigenvalue weighted by atomic mass is 16.3. The summed E-state index contributed by atoms with van der Waals surface area (Å²) in [5.41, 5.74) is 6.35. The molecule has 1 aliphatic heterocycles. The van der Waals surface area contributed by atoms with Gasteiger partial charge in [-0.2, -0.15) is 0 Å². The molecule has 0 aromatic heterocycles. The summed E-state index contributed by atoms with van der Waals surface area (Å²) in [4.78, 5) is 37.5. The Morgan fingerprint density at radius 1 is 1.22 bits per heavy atom. The molecule has 0 unspecified atom stereocenters. The lowest BCUT2D eigenvalue weighted by Gasteiger charge is -2.24. The number of nitrogens with zero attached hydrogens (tertiary/aromatic N) is 1. The second-order valence-corrected chi connectivity index (χ2v) is 6.93. The van der Waals surface area contributed by atoms with Crippen molar-refractivity contribution < 1.29 is 19.5 Å². The number of benzene rings is 2. The maximum atomic E-state index is 12.6. The fourth-order valence-corrected chi connectivity index (χ4v) is 3.50. The molecule has 3 atom stereocenters. The van der Waals surface area contributed by atoms with E-state index in [4.69, 9.17) is 5.73 Å². The molecule has 0 saturated carbocycles. The summed E-state index contributed by atoms with van der Waals surface area (Å²) < 4.78 is 0. The lowest BCUT2D eigenvalue weighted by molar-refractivity contribution is -0.138. The van der Waals surface area contributed by atoms with Gasteiger partial charge in [-0.3, -0.25) is 14.4 Å². The van der Waals surface area contributed by atoms with Crippen molar-refractivity contribution >= 4 is 28.5 Å². The molecule has 1 fully saturated rings. The van der Waals surface area contributed by atoms with Gasteiger partial charge in [-0.15, -0.1) is 0 Å². The van der Waals surface area contributed by atoms with Gasteiger partial charge in [-0.05, 0) is 16.3 Å². The molecule has 2 aromatic carbocycles. The van der Waals surface area contributed by atoms with Crippen molar-refractivity contribution in [1.82, 2.24) is 10.2 Å². The van der Waals surface area contributed by atoms with Crippen LogP contribution in [0.3, 0.4) is 0 Å². The van der Waals surface area contributed by atoms with Gasteiger partial charge < -0.3 is 21.1 Å². The summed E-state index contributed by atoms with van der Waals surface area (Å²) in [7, 11) is 0. The molecule has 2 aromatic rings. The van der Waals surface area contributed by atoms with Gasteiger partial charge in [0, 0.05) is 26.3 Å². The smallest absolute Gasteiger partial charge is 0.243 e. The van der Waals surface area contributed by atoms with Crippen molar-refractivity contribution in [3.63, 3.8) is 0 Å². The number of carbonyl (C=O) groups is 3.